The second-order valence-electron chi connectivity index (χ2n) is 7.41. The zero-order chi connectivity index (χ0) is 19.1. The Morgan fingerprint density at radius 1 is 1.18 bits per heavy atom. The van der Waals surface area contributed by atoms with Crippen molar-refractivity contribution >= 4 is 11.7 Å². The number of amides is 1. The van der Waals surface area contributed by atoms with E-state index in [2.05, 4.69) is 25.5 Å². The second kappa shape index (κ2) is 6.67. The standard InChI is InChI=1S/C21H19N5O2/c27-17-11-16-13(7-4-8-22-16)14-10-15(14)19(17)24-21(28)20-23-18(25-26-20)9-12-5-2-1-3-6-12/h1-8,14-15,19H,9-11H2,(H,24,28)(H,23,25,26)/t14-,15?,19-/m0/s1. The first-order valence-electron chi connectivity index (χ1n) is 9.41. The zero-order valence-electron chi connectivity index (χ0n) is 15.1. The number of pyridine rings is 1. The van der Waals surface area contributed by atoms with E-state index >= 15 is 0 Å². The van der Waals surface area contributed by atoms with Crippen molar-refractivity contribution < 1.29 is 9.59 Å². The summed E-state index contributed by atoms with van der Waals surface area (Å²) in [6.07, 6.45) is 3.42. The van der Waals surface area contributed by atoms with Crippen LogP contribution in [0.3, 0.4) is 0 Å². The molecule has 0 spiro atoms. The number of aromatic nitrogens is 4. The summed E-state index contributed by atoms with van der Waals surface area (Å²) >= 11 is 0. The fraction of sp³-hybridized carbons (Fsp3) is 0.286. The summed E-state index contributed by atoms with van der Waals surface area (Å²) in [4.78, 5) is 34.0. The summed E-state index contributed by atoms with van der Waals surface area (Å²) in [7, 11) is 0. The van der Waals surface area contributed by atoms with Gasteiger partial charge in [0.2, 0.25) is 5.82 Å². The fourth-order valence-corrected chi connectivity index (χ4v) is 4.05. The number of rotatable bonds is 4. The molecular weight excluding hydrogens is 354 g/mol. The molecule has 28 heavy (non-hydrogen) atoms. The van der Waals surface area contributed by atoms with E-state index in [0.29, 0.717) is 18.2 Å². The number of hydrogen-bond acceptors (Lipinski definition) is 5. The maximum atomic E-state index is 12.7. The Labute approximate surface area is 161 Å². The molecule has 0 aliphatic heterocycles. The predicted octanol–water partition coefficient (Wildman–Crippen LogP) is 1.82. The van der Waals surface area contributed by atoms with Gasteiger partial charge in [-0.05, 0) is 35.4 Å². The Morgan fingerprint density at radius 2 is 2.04 bits per heavy atom. The lowest BCUT2D eigenvalue weighted by molar-refractivity contribution is -0.120. The monoisotopic (exact) mass is 373 g/mol. The van der Waals surface area contributed by atoms with Crippen LogP contribution >= 0.6 is 0 Å². The van der Waals surface area contributed by atoms with Crippen molar-refractivity contribution in [3.63, 3.8) is 0 Å². The van der Waals surface area contributed by atoms with Crippen LogP contribution in [0.5, 0.6) is 0 Å². The number of nitrogens with one attached hydrogen (secondary N) is 2. The van der Waals surface area contributed by atoms with Crippen molar-refractivity contribution in [2.24, 2.45) is 5.92 Å². The van der Waals surface area contributed by atoms with Gasteiger partial charge in [0.25, 0.3) is 5.91 Å². The summed E-state index contributed by atoms with van der Waals surface area (Å²) in [5.74, 6) is 0.683. The highest BCUT2D eigenvalue weighted by Gasteiger charge is 2.50. The van der Waals surface area contributed by atoms with E-state index in [0.717, 1.165) is 23.2 Å². The predicted molar refractivity (Wildman–Crippen MR) is 101 cm³/mol. The number of H-pyrrole nitrogens is 1. The molecular formula is C21H19N5O2. The Kier molecular flexibility index (Phi) is 4.00. The quantitative estimate of drug-likeness (QED) is 0.726. The minimum Gasteiger partial charge on any atom is -0.339 e. The van der Waals surface area contributed by atoms with Gasteiger partial charge in [0.15, 0.2) is 5.78 Å². The third-order valence-corrected chi connectivity index (χ3v) is 5.52. The molecule has 3 aromatic rings. The molecule has 3 atom stereocenters. The van der Waals surface area contributed by atoms with E-state index in [4.69, 9.17) is 0 Å². The van der Waals surface area contributed by atoms with Crippen LogP contribution in [0.1, 0.15) is 45.6 Å². The van der Waals surface area contributed by atoms with Crippen LogP contribution in [0, 0.1) is 5.92 Å². The highest BCUT2D eigenvalue weighted by molar-refractivity contribution is 5.96. The van der Waals surface area contributed by atoms with Crippen LogP contribution in [0.25, 0.3) is 0 Å². The average molecular weight is 373 g/mol. The smallest absolute Gasteiger partial charge is 0.291 e. The molecule has 2 aliphatic rings. The lowest BCUT2D eigenvalue weighted by Gasteiger charge is -2.14. The SMILES string of the molecule is O=C(N[C@@H]1C(=O)Cc2ncccc2[C@@H]2CC12)c1n[nH]c(Cc2ccccc2)n1. The van der Waals surface area contributed by atoms with Gasteiger partial charge in [-0.15, -0.1) is 5.10 Å². The van der Waals surface area contributed by atoms with E-state index in [1.54, 1.807) is 6.20 Å². The van der Waals surface area contributed by atoms with Crippen molar-refractivity contribution in [1.82, 2.24) is 25.5 Å². The number of aromatic amines is 1. The Morgan fingerprint density at radius 3 is 2.89 bits per heavy atom. The average Bonchev–Trinajstić information content (AvgIpc) is 3.37. The van der Waals surface area contributed by atoms with E-state index < -0.39 is 11.9 Å². The number of benzene rings is 1. The van der Waals surface area contributed by atoms with Gasteiger partial charge in [0, 0.05) is 12.6 Å². The van der Waals surface area contributed by atoms with Crippen molar-refractivity contribution in [1.29, 1.82) is 0 Å². The van der Waals surface area contributed by atoms with Crippen LogP contribution in [0.2, 0.25) is 0 Å². The molecule has 5 rings (SSSR count). The largest absolute Gasteiger partial charge is 0.339 e. The highest BCUT2D eigenvalue weighted by atomic mass is 16.2. The number of carbonyl (C=O) groups is 2. The van der Waals surface area contributed by atoms with E-state index in [1.165, 1.54) is 0 Å². The molecule has 1 amide bonds. The van der Waals surface area contributed by atoms with Crippen LogP contribution < -0.4 is 5.32 Å². The first kappa shape index (κ1) is 16.8. The van der Waals surface area contributed by atoms with Crippen LogP contribution in [-0.4, -0.2) is 37.9 Å². The first-order valence-corrected chi connectivity index (χ1v) is 9.41. The minimum atomic E-state index is -0.511. The number of hydrogen-bond donors (Lipinski definition) is 2. The maximum Gasteiger partial charge on any atom is 0.291 e. The molecule has 1 unspecified atom stereocenters. The topological polar surface area (TPSA) is 101 Å². The lowest BCUT2D eigenvalue weighted by Crippen LogP contribution is -2.43. The van der Waals surface area contributed by atoms with Crippen molar-refractivity contribution in [2.75, 3.05) is 0 Å². The molecule has 2 heterocycles. The number of nitrogens with zero attached hydrogens (tertiary/aromatic N) is 3. The Bertz CT molecular complexity index is 1050. The van der Waals surface area contributed by atoms with Gasteiger partial charge in [-0.1, -0.05) is 36.4 Å². The van der Waals surface area contributed by atoms with Crippen molar-refractivity contribution in [3.05, 3.63) is 77.1 Å². The molecule has 0 radical (unpaired) electrons. The van der Waals surface area contributed by atoms with E-state index in [1.807, 2.05) is 42.5 Å². The van der Waals surface area contributed by atoms with Gasteiger partial charge >= 0.3 is 0 Å². The molecule has 1 aromatic carbocycles. The Balaban J connectivity index is 1.29. The second-order valence-corrected chi connectivity index (χ2v) is 7.41. The molecule has 2 aromatic heterocycles. The van der Waals surface area contributed by atoms with Crippen LogP contribution in [-0.2, 0) is 17.6 Å². The number of Topliss-reactive ketones (excluding diaryl/α,β-unsaturated/α-hetero) is 1. The van der Waals surface area contributed by atoms with Crippen molar-refractivity contribution in [2.45, 2.75) is 31.2 Å². The van der Waals surface area contributed by atoms with Gasteiger partial charge < -0.3 is 5.32 Å². The van der Waals surface area contributed by atoms with Gasteiger partial charge in [-0.3, -0.25) is 19.7 Å². The molecule has 7 heteroatoms. The van der Waals surface area contributed by atoms with Gasteiger partial charge in [0.05, 0.1) is 18.2 Å². The molecule has 0 bridgehead atoms. The normalized spacial score (nSPS) is 22.7. The number of carbonyl (C=O) groups excluding carboxylic acids is 2. The summed E-state index contributed by atoms with van der Waals surface area (Å²) in [5, 5.41) is 9.71. The summed E-state index contributed by atoms with van der Waals surface area (Å²) in [5.41, 5.74) is 3.05. The summed E-state index contributed by atoms with van der Waals surface area (Å²) < 4.78 is 0. The molecule has 1 fully saturated rings. The first-order chi connectivity index (χ1) is 13.7. The van der Waals surface area contributed by atoms with Crippen LogP contribution in [0.4, 0.5) is 0 Å². The van der Waals surface area contributed by atoms with Crippen LogP contribution in [0.15, 0.2) is 48.7 Å². The molecule has 140 valence electrons. The van der Waals surface area contributed by atoms with E-state index in [-0.39, 0.29) is 23.9 Å². The van der Waals surface area contributed by atoms with Gasteiger partial charge in [0.1, 0.15) is 5.82 Å². The number of fused-ring (bicyclic) bond motifs is 3. The van der Waals surface area contributed by atoms with Gasteiger partial charge in [-0.2, -0.15) is 0 Å². The number of ketones is 1. The Hall–Kier alpha value is -3.35. The minimum absolute atomic E-state index is 0.00153. The summed E-state index contributed by atoms with van der Waals surface area (Å²) in [6, 6.07) is 13.3. The molecule has 0 saturated heterocycles. The molecule has 7 nitrogen and oxygen atoms in total. The van der Waals surface area contributed by atoms with Crippen molar-refractivity contribution in [3.8, 4) is 0 Å². The zero-order valence-corrected chi connectivity index (χ0v) is 15.1. The molecule has 2 aliphatic carbocycles. The lowest BCUT2D eigenvalue weighted by atomic mass is 10.1. The van der Waals surface area contributed by atoms with E-state index in [9.17, 15) is 9.59 Å². The molecule has 1 saturated carbocycles. The molecule has 2 N–H and O–H groups in total. The van der Waals surface area contributed by atoms with Gasteiger partial charge in [-0.25, -0.2) is 4.98 Å². The highest BCUT2D eigenvalue weighted by Crippen LogP contribution is 2.52. The maximum absolute atomic E-state index is 12.7. The fourth-order valence-electron chi connectivity index (χ4n) is 4.05. The third-order valence-electron chi connectivity index (χ3n) is 5.52. The summed E-state index contributed by atoms with van der Waals surface area (Å²) in [6.45, 7) is 0. The third kappa shape index (κ3) is 3.09.